The van der Waals surface area contributed by atoms with E-state index in [2.05, 4.69) is 9.97 Å². The van der Waals surface area contributed by atoms with Crippen LogP contribution in [0.5, 0.6) is 0 Å². The van der Waals surface area contributed by atoms with Crippen LogP contribution >= 0.6 is 0 Å². The van der Waals surface area contributed by atoms with Gasteiger partial charge in [-0.3, -0.25) is 0 Å². The fraction of sp³-hybridized carbons (Fsp3) is 0.500. The molecule has 8 nitrogen and oxygen atoms in total. The third-order valence-corrected chi connectivity index (χ3v) is 5.21. The minimum atomic E-state index is -1.12. The predicted molar refractivity (Wildman–Crippen MR) is 61.5 cm³/mol. The first-order chi connectivity index (χ1) is 9.20. The van der Waals surface area contributed by atoms with Crippen LogP contribution < -0.4 is 8.18 Å². The summed E-state index contributed by atoms with van der Waals surface area (Å²) in [5.41, 5.74) is 1.43. The normalized spacial score (nSPS) is 32.8. The van der Waals surface area contributed by atoms with Crippen molar-refractivity contribution in [2.45, 2.75) is 24.5 Å². The van der Waals surface area contributed by atoms with E-state index in [0.717, 1.165) is 10.1 Å². The van der Waals surface area contributed by atoms with Crippen molar-refractivity contribution in [3.63, 3.8) is 0 Å². The van der Waals surface area contributed by atoms with Crippen LogP contribution in [-0.4, -0.2) is 69.9 Å². The molecule has 4 heterocycles. The van der Waals surface area contributed by atoms with Gasteiger partial charge in [0.2, 0.25) is 0 Å². The zero-order valence-electron chi connectivity index (χ0n) is 9.62. The number of aromatic nitrogens is 4. The van der Waals surface area contributed by atoms with E-state index >= 15 is 0 Å². The quantitative estimate of drug-likeness (QED) is 0.420. The van der Waals surface area contributed by atoms with Crippen LogP contribution in [0.2, 0.25) is 0 Å². The van der Waals surface area contributed by atoms with Crippen LogP contribution in [0.15, 0.2) is 12.7 Å². The zero-order valence-corrected chi connectivity index (χ0v) is 11.3. The van der Waals surface area contributed by atoms with Gasteiger partial charge in [0.25, 0.3) is 0 Å². The minimum absolute atomic E-state index is 0.288. The number of aliphatic hydroxyl groups is 3. The van der Waals surface area contributed by atoms with Crippen LogP contribution in [0.25, 0.3) is 11.2 Å². The topological polar surface area (TPSA) is 105 Å². The molecule has 2 aromatic heterocycles. The molecule has 1 fully saturated rings. The molecule has 100 valence electrons. The first kappa shape index (κ1) is 11.7. The van der Waals surface area contributed by atoms with Gasteiger partial charge in [0.05, 0.1) is 0 Å². The molecule has 0 aliphatic carbocycles. The van der Waals surface area contributed by atoms with Crippen molar-refractivity contribution in [3.05, 3.63) is 12.7 Å². The van der Waals surface area contributed by atoms with E-state index in [1.165, 1.54) is 0 Å². The molecule has 1 saturated heterocycles. The van der Waals surface area contributed by atoms with Crippen molar-refractivity contribution in [1.29, 1.82) is 0 Å². The molecule has 4 rings (SSSR count). The predicted octanol–water partition coefficient (Wildman–Crippen LogP) is -3.56. The van der Waals surface area contributed by atoms with Crippen molar-refractivity contribution in [1.82, 2.24) is 14.5 Å². The van der Waals surface area contributed by atoms with Crippen molar-refractivity contribution < 1.29 is 23.6 Å². The van der Waals surface area contributed by atoms with E-state index in [4.69, 9.17) is 9.84 Å². The molecule has 0 saturated carbocycles. The number of imidazole rings is 1. The number of hydrogen-bond acceptors (Lipinski definition) is 6. The van der Waals surface area contributed by atoms with E-state index in [0.29, 0.717) is 5.65 Å². The molecule has 2 aliphatic rings. The van der Waals surface area contributed by atoms with Crippen LogP contribution in [-0.2, 0) is 4.74 Å². The maximum absolute atomic E-state index is 10.0. The third-order valence-electron chi connectivity index (χ3n) is 3.40. The summed E-state index contributed by atoms with van der Waals surface area (Å²) in [5.74, 6) is 0. The molecule has 0 bridgehead atoms. The summed E-state index contributed by atoms with van der Waals surface area (Å²) in [6.07, 6.45) is -0.517. The van der Waals surface area contributed by atoms with E-state index in [-0.39, 0.29) is 21.8 Å². The SMILES string of the molecule is OC[C@H]1O[C@@H](n2cnc3c4[n+](cnc32)[Se]4)[C@H](O)[C@@H]1O. The Balaban J connectivity index is 1.77. The Bertz CT molecular complexity index is 662. The number of aliphatic hydroxyl groups excluding tert-OH is 3. The van der Waals surface area contributed by atoms with Crippen molar-refractivity contribution >= 4 is 30.9 Å². The standard InChI is InChI=1S/C10H11N4O4Se/c15-1-4-6(16)7(17)9(18-4)13-2-11-5-8(13)12-3-14-10(5)19-14/h2-4,6-7,9,15-17H,1H2/q+1/t4-,6-,7-,9-/m1/s1. The van der Waals surface area contributed by atoms with Gasteiger partial charge in [-0.1, -0.05) is 0 Å². The van der Waals surface area contributed by atoms with Gasteiger partial charge in [-0.2, -0.15) is 0 Å². The van der Waals surface area contributed by atoms with Gasteiger partial charge in [0.1, 0.15) is 0 Å². The number of ether oxygens (including phenoxy) is 1. The number of fused-ring (bicyclic) bond motifs is 3. The molecule has 2 aromatic rings. The molecule has 0 amide bonds. The number of rotatable bonds is 2. The second-order valence-electron chi connectivity index (χ2n) is 4.52. The summed E-state index contributed by atoms with van der Waals surface area (Å²) in [7, 11) is 0. The monoisotopic (exact) mass is 331 g/mol. The Morgan fingerprint density at radius 3 is 2.95 bits per heavy atom. The van der Waals surface area contributed by atoms with E-state index in [1.54, 1.807) is 17.2 Å². The first-order valence-corrected chi connectivity index (χ1v) is 7.41. The van der Waals surface area contributed by atoms with Gasteiger partial charge in [-0.05, 0) is 0 Å². The zero-order chi connectivity index (χ0) is 13.1. The molecule has 3 N–H and O–H groups in total. The van der Waals surface area contributed by atoms with Crippen molar-refractivity contribution in [3.8, 4) is 0 Å². The molecule has 9 heteroatoms. The fourth-order valence-electron chi connectivity index (χ4n) is 2.33. The fourth-order valence-corrected chi connectivity index (χ4v) is 3.60. The Hall–Kier alpha value is -1.09. The van der Waals surface area contributed by atoms with Gasteiger partial charge in [0.15, 0.2) is 0 Å². The van der Waals surface area contributed by atoms with Crippen LogP contribution in [0.3, 0.4) is 0 Å². The summed E-state index contributed by atoms with van der Waals surface area (Å²) >= 11 is 0.288. The van der Waals surface area contributed by atoms with Crippen LogP contribution in [0.1, 0.15) is 6.23 Å². The molecule has 0 aromatic carbocycles. The van der Waals surface area contributed by atoms with Gasteiger partial charge in [-0.15, -0.1) is 0 Å². The molecule has 19 heavy (non-hydrogen) atoms. The molecule has 0 spiro atoms. The Morgan fingerprint density at radius 1 is 1.37 bits per heavy atom. The first-order valence-electron chi connectivity index (χ1n) is 5.78. The van der Waals surface area contributed by atoms with Gasteiger partial charge >= 0.3 is 113 Å². The summed E-state index contributed by atoms with van der Waals surface area (Å²) in [4.78, 5) is 8.58. The number of nitrogens with zero attached hydrogens (tertiary/aromatic N) is 4. The molecule has 2 aliphatic heterocycles. The van der Waals surface area contributed by atoms with Gasteiger partial charge in [0, 0.05) is 0 Å². The summed E-state index contributed by atoms with van der Waals surface area (Å²) in [6, 6.07) is 0. The van der Waals surface area contributed by atoms with Crippen LogP contribution in [0, 0.1) is 0 Å². The molecule has 0 radical (unpaired) electrons. The average molecular weight is 330 g/mol. The van der Waals surface area contributed by atoms with E-state index < -0.39 is 24.5 Å². The van der Waals surface area contributed by atoms with E-state index in [9.17, 15) is 10.2 Å². The second-order valence-corrected chi connectivity index (χ2v) is 6.54. The Morgan fingerprint density at radius 2 is 2.21 bits per heavy atom. The molecule has 0 unspecified atom stereocenters. The summed E-state index contributed by atoms with van der Waals surface area (Å²) in [6.45, 7) is -0.344. The molecular weight excluding hydrogens is 319 g/mol. The third kappa shape index (κ3) is 1.57. The maximum atomic E-state index is 10.0. The van der Waals surface area contributed by atoms with Gasteiger partial charge < -0.3 is 0 Å². The Kier molecular flexibility index (Phi) is 2.44. The summed E-state index contributed by atoms with van der Waals surface area (Å²) in [5, 5.41) is 28.9. The van der Waals surface area contributed by atoms with E-state index in [1.807, 2.05) is 3.58 Å². The van der Waals surface area contributed by atoms with Crippen LogP contribution in [0.4, 0.5) is 0 Å². The summed E-state index contributed by atoms with van der Waals surface area (Å²) < 4.78 is 10.3. The average Bonchev–Trinajstić information content (AvgIpc) is 3.02. The molecular formula is C10H11N4O4Se+. The van der Waals surface area contributed by atoms with Crippen molar-refractivity contribution in [2.24, 2.45) is 0 Å². The van der Waals surface area contributed by atoms with Gasteiger partial charge in [-0.25, -0.2) is 0 Å². The molecule has 4 atom stereocenters. The second kappa shape index (κ2) is 3.95. The Labute approximate surface area is 113 Å². The van der Waals surface area contributed by atoms with Crippen molar-refractivity contribution in [2.75, 3.05) is 6.61 Å². The number of hydrogen-bond donors (Lipinski definition) is 3.